The first-order chi connectivity index (χ1) is 10.2. The van der Waals surface area contributed by atoms with Crippen molar-refractivity contribution in [2.45, 2.75) is 28.8 Å². The SMILES string of the molecule is CS(=O)(=O)c1ccc(S(=O)(=O)N2CC3CCC(N)C3C2)cn1.Cl. The van der Waals surface area contributed by atoms with Gasteiger partial charge in [0.25, 0.3) is 0 Å². The van der Waals surface area contributed by atoms with E-state index in [-0.39, 0.29) is 34.3 Å². The predicted octanol–water partition coefficient (Wildman–Crippen LogP) is 0.265. The molecule has 130 valence electrons. The zero-order chi connectivity index (χ0) is 16.1. The van der Waals surface area contributed by atoms with Crippen molar-refractivity contribution in [3.63, 3.8) is 0 Å². The van der Waals surface area contributed by atoms with E-state index in [4.69, 9.17) is 5.73 Å². The molecule has 0 aromatic carbocycles. The number of halogens is 1. The molecule has 1 aliphatic heterocycles. The molecule has 0 radical (unpaired) electrons. The van der Waals surface area contributed by atoms with Crippen LogP contribution in [0.5, 0.6) is 0 Å². The molecule has 1 aromatic rings. The van der Waals surface area contributed by atoms with Gasteiger partial charge in [-0.1, -0.05) is 0 Å². The van der Waals surface area contributed by atoms with Gasteiger partial charge >= 0.3 is 0 Å². The number of nitrogens with zero attached hydrogens (tertiary/aromatic N) is 2. The van der Waals surface area contributed by atoms with Gasteiger partial charge in [0, 0.05) is 31.6 Å². The normalized spacial score (nSPS) is 28.3. The average Bonchev–Trinajstić information content (AvgIpc) is 3.01. The summed E-state index contributed by atoms with van der Waals surface area (Å²) in [6, 6.07) is 2.59. The van der Waals surface area contributed by atoms with Crippen LogP contribution < -0.4 is 5.73 Å². The Morgan fingerprint density at radius 2 is 1.87 bits per heavy atom. The maximum atomic E-state index is 12.6. The molecule has 2 heterocycles. The first kappa shape index (κ1) is 18.6. The molecule has 2 aliphatic rings. The highest BCUT2D eigenvalue weighted by molar-refractivity contribution is 7.90. The van der Waals surface area contributed by atoms with Crippen LogP contribution in [0.15, 0.2) is 28.3 Å². The second-order valence-corrected chi connectivity index (χ2v) is 9.99. The number of sulfone groups is 1. The highest BCUT2D eigenvalue weighted by Gasteiger charge is 2.45. The summed E-state index contributed by atoms with van der Waals surface area (Å²) in [6.07, 6.45) is 4.06. The van der Waals surface area contributed by atoms with Gasteiger partial charge in [0.1, 0.15) is 4.90 Å². The molecule has 0 bridgehead atoms. The van der Waals surface area contributed by atoms with Crippen LogP contribution in [-0.2, 0) is 19.9 Å². The third kappa shape index (κ3) is 3.39. The lowest BCUT2D eigenvalue weighted by Crippen LogP contribution is -2.33. The molecule has 10 heteroatoms. The van der Waals surface area contributed by atoms with Gasteiger partial charge in [-0.05, 0) is 36.8 Å². The molecule has 1 aromatic heterocycles. The molecule has 1 aliphatic carbocycles. The number of hydrogen-bond acceptors (Lipinski definition) is 6. The lowest BCUT2D eigenvalue weighted by Gasteiger charge is -2.18. The third-order valence-corrected chi connectivity index (χ3v) is 7.42. The van der Waals surface area contributed by atoms with Crippen LogP contribution in [0.2, 0.25) is 0 Å². The van der Waals surface area contributed by atoms with Crippen LogP contribution in [0.4, 0.5) is 0 Å². The van der Waals surface area contributed by atoms with Crippen LogP contribution in [0.1, 0.15) is 12.8 Å². The minimum atomic E-state index is -3.65. The smallest absolute Gasteiger partial charge is 0.244 e. The summed E-state index contributed by atoms with van der Waals surface area (Å²) in [5, 5.41) is -0.133. The lowest BCUT2D eigenvalue weighted by atomic mass is 9.98. The van der Waals surface area contributed by atoms with E-state index >= 15 is 0 Å². The molecule has 23 heavy (non-hydrogen) atoms. The molecule has 2 fully saturated rings. The van der Waals surface area contributed by atoms with Crippen molar-refractivity contribution in [2.75, 3.05) is 19.3 Å². The fourth-order valence-corrected chi connectivity index (χ4v) is 5.39. The van der Waals surface area contributed by atoms with Gasteiger partial charge in [-0.3, -0.25) is 0 Å². The Hall–Kier alpha value is -0.740. The van der Waals surface area contributed by atoms with Gasteiger partial charge in [0.05, 0.1) is 0 Å². The van der Waals surface area contributed by atoms with E-state index in [1.165, 1.54) is 16.4 Å². The monoisotopic (exact) mass is 381 g/mol. The van der Waals surface area contributed by atoms with E-state index < -0.39 is 19.9 Å². The number of pyridine rings is 1. The summed E-state index contributed by atoms with van der Waals surface area (Å²) in [5.41, 5.74) is 6.03. The van der Waals surface area contributed by atoms with Crippen molar-refractivity contribution in [1.82, 2.24) is 9.29 Å². The zero-order valence-electron chi connectivity index (χ0n) is 12.6. The molecule has 0 amide bonds. The Morgan fingerprint density at radius 1 is 1.17 bits per heavy atom. The molecule has 3 atom stereocenters. The summed E-state index contributed by atoms with van der Waals surface area (Å²) >= 11 is 0. The number of nitrogens with two attached hydrogens (primary N) is 1. The standard InChI is InChI=1S/C13H19N3O4S2.ClH/c1-21(17,18)13-5-3-10(6-15-13)22(19,20)16-7-9-2-4-12(14)11(9)8-16;/h3,5-6,9,11-12H,2,4,7-8,14H2,1H3;1H. The molecule has 0 spiro atoms. The van der Waals surface area contributed by atoms with Crippen LogP contribution in [-0.4, -0.2) is 51.5 Å². The summed E-state index contributed by atoms with van der Waals surface area (Å²) in [5.74, 6) is 0.547. The second kappa shape index (κ2) is 6.29. The van der Waals surface area contributed by atoms with E-state index in [1.54, 1.807) is 0 Å². The minimum Gasteiger partial charge on any atom is -0.327 e. The quantitative estimate of drug-likeness (QED) is 0.804. The number of fused-ring (bicyclic) bond motifs is 1. The van der Waals surface area contributed by atoms with Crippen molar-refractivity contribution >= 4 is 32.3 Å². The topological polar surface area (TPSA) is 110 Å². The van der Waals surface area contributed by atoms with E-state index in [0.29, 0.717) is 19.0 Å². The van der Waals surface area contributed by atoms with Gasteiger partial charge < -0.3 is 5.73 Å². The first-order valence-corrected chi connectivity index (χ1v) is 10.4. The molecule has 1 saturated carbocycles. The molecular weight excluding hydrogens is 362 g/mol. The van der Waals surface area contributed by atoms with E-state index in [1.807, 2.05) is 0 Å². The summed E-state index contributed by atoms with van der Waals surface area (Å²) < 4.78 is 49.5. The predicted molar refractivity (Wildman–Crippen MR) is 87.5 cm³/mol. The lowest BCUT2D eigenvalue weighted by molar-refractivity contribution is 0.427. The Kier molecular flexibility index (Phi) is 5.08. The van der Waals surface area contributed by atoms with E-state index in [0.717, 1.165) is 25.3 Å². The van der Waals surface area contributed by atoms with Crippen molar-refractivity contribution in [1.29, 1.82) is 0 Å². The number of rotatable bonds is 3. The highest BCUT2D eigenvalue weighted by atomic mass is 35.5. The minimum absolute atomic E-state index is 0. The third-order valence-electron chi connectivity index (χ3n) is 4.61. The summed E-state index contributed by atoms with van der Waals surface area (Å²) in [6.45, 7) is 0.913. The summed E-state index contributed by atoms with van der Waals surface area (Å²) in [7, 11) is -7.09. The fourth-order valence-electron chi connectivity index (χ4n) is 3.35. The number of aromatic nitrogens is 1. The summed E-state index contributed by atoms with van der Waals surface area (Å²) in [4.78, 5) is 3.78. The molecule has 2 N–H and O–H groups in total. The molecule has 7 nitrogen and oxygen atoms in total. The molecular formula is C13H20ClN3O4S2. The Morgan fingerprint density at radius 3 is 2.39 bits per heavy atom. The van der Waals surface area contributed by atoms with Crippen molar-refractivity contribution in [3.05, 3.63) is 18.3 Å². The second-order valence-electron chi connectivity index (χ2n) is 6.09. The largest absolute Gasteiger partial charge is 0.327 e. The highest BCUT2D eigenvalue weighted by Crippen LogP contribution is 2.39. The van der Waals surface area contributed by atoms with Crippen molar-refractivity contribution in [3.8, 4) is 0 Å². The van der Waals surface area contributed by atoms with Crippen molar-refractivity contribution in [2.24, 2.45) is 17.6 Å². The zero-order valence-corrected chi connectivity index (χ0v) is 15.1. The van der Waals surface area contributed by atoms with Crippen LogP contribution in [0.25, 0.3) is 0 Å². The molecule has 3 rings (SSSR count). The Labute approximate surface area is 142 Å². The maximum Gasteiger partial charge on any atom is 0.244 e. The first-order valence-electron chi connectivity index (χ1n) is 7.11. The number of sulfonamides is 1. The fraction of sp³-hybridized carbons (Fsp3) is 0.615. The maximum absolute atomic E-state index is 12.6. The van der Waals surface area contributed by atoms with Crippen LogP contribution in [0.3, 0.4) is 0 Å². The van der Waals surface area contributed by atoms with E-state index in [2.05, 4.69) is 4.98 Å². The van der Waals surface area contributed by atoms with Crippen LogP contribution >= 0.6 is 12.4 Å². The van der Waals surface area contributed by atoms with Crippen LogP contribution in [0, 0.1) is 11.8 Å². The van der Waals surface area contributed by atoms with Gasteiger partial charge in [-0.15, -0.1) is 12.4 Å². The van der Waals surface area contributed by atoms with Gasteiger partial charge in [-0.25, -0.2) is 21.8 Å². The Balaban J connectivity index is 0.00000192. The van der Waals surface area contributed by atoms with Gasteiger partial charge in [-0.2, -0.15) is 4.31 Å². The van der Waals surface area contributed by atoms with E-state index in [9.17, 15) is 16.8 Å². The molecule has 1 saturated heterocycles. The van der Waals surface area contributed by atoms with Gasteiger partial charge in [0.15, 0.2) is 14.9 Å². The van der Waals surface area contributed by atoms with Gasteiger partial charge in [0.2, 0.25) is 10.0 Å². The number of hydrogen-bond donors (Lipinski definition) is 1. The molecule has 3 unspecified atom stereocenters. The van der Waals surface area contributed by atoms with Crippen molar-refractivity contribution < 1.29 is 16.8 Å². The average molecular weight is 382 g/mol. The Bertz CT molecular complexity index is 780.